The lowest BCUT2D eigenvalue weighted by atomic mass is 9.90. The van der Waals surface area contributed by atoms with Crippen molar-refractivity contribution in [1.29, 1.82) is 0 Å². The summed E-state index contributed by atoms with van der Waals surface area (Å²) in [5, 5.41) is 0.560. The second-order valence-electron chi connectivity index (χ2n) is 7.80. The third-order valence-electron chi connectivity index (χ3n) is 5.34. The Morgan fingerprint density at radius 1 is 1.13 bits per heavy atom. The van der Waals surface area contributed by atoms with E-state index < -0.39 is 6.04 Å². The summed E-state index contributed by atoms with van der Waals surface area (Å²) in [6, 6.07) is 13.5. The van der Waals surface area contributed by atoms with E-state index in [9.17, 15) is 4.79 Å². The first kappa shape index (κ1) is 20.9. The van der Waals surface area contributed by atoms with Gasteiger partial charge in [0, 0.05) is 36.1 Å². The number of nitrogens with two attached hydrogens (primary N) is 1. The predicted octanol–water partition coefficient (Wildman–Crippen LogP) is 5.12. The average molecular weight is 435 g/mol. The zero-order valence-corrected chi connectivity index (χ0v) is 18.3. The van der Waals surface area contributed by atoms with Gasteiger partial charge in [-0.05, 0) is 41.3 Å². The first-order valence-electron chi connectivity index (χ1n) is 9.95. The number of aromatic nitrogens is 1. The molecular formula is C24H23ClN4O2. The van der Waals surface area contributed by atoms with Gasteiger partial charge in [-0.15, -0.1) is 0 Å². The number of guanidine groups is 1. The van der Waals surface area contributed by atoms with E-state index in [1.807, 2.05) is 36.4 Å². The molecule has 0 fully saturated rings. The van der Waals surface area contributed by atoms with E-state index in [0.717, 1.165) is 28.0 Å². The zero-order valence-electron chi connectivity index (χ0n) is 17.5. The Morgan fingerprint density at radius 2 is 1.94 bits per heavy atom. The zero-order chi connectivity index (χ0) is 22.1. The van der Waals surface area contributed by atoms with Gasteiger partial charge < -0.3 is 10.5 Å². The Labute approximate surface area is 186 Å². The van der Waals surface area contributed by atoms with Crippen molar-refractivity contribution in [2.75, 3.05) is 7.05 Å². The quantitative estimate of drug-likeness (QED) is 0.351. The highest BCUT2D eigenvalue weighted by Crippen LogP contribution is 2.47. The maximum absolute atomic E-state index is 11.2. The van der Waals surface area contributed by atoms with E-state index >= 15 is 0 Å². The second-order valence-corrected chi connectivity index (χ2v) is 8.24. The summed E-state index contributed by atoms with van der Waals surface area (Å²) in [4.78, 5) is 21.3. The van der Waals surface area contributed by atoms with Crippen molar-refractivity contribution in [2.24, 2.45) is 10.7 Å². The largest absolute Gasteiger partial charge is 0.457 e. The first-order valence-corrected chi connectivity index (χ1v) is 10.3. The van der Waals surface area contributed by atoms with Crippen molar-refractivity contribution < 1.29 is 9.53 Å². The highest BCUT2D eigenvalue weighted by atomic mass is 35.5. The molecule has 0 saturated heterocycles. The third kappa shape index (κ3) is 4.11. The van der Waals surface area contributed by atoms with Crippen LogP contribution in [0.3, 0.4) is 0 Å². The second kappa shape index (κ2) is 8.40. The average Bonchev–Trinajstić information content (AvgIpc) is 2.77. The molecule has 0 aliphatic carbocycles. The minimum Gasteiger partial charge on any atom is -0.457 e. The number of benzene rings is 2. The first-order chi connectivity index (χ1) is 14.9. The van der Waals surface area contributed by atoms with E-state index in [4.69, 9.17) is 22.1 Å². The van der Waals surface area contributed by atoms with Gasteiger partial charge in [0.2, 0.25) is 6.41 Å². The lowest BCUT2D eigenvalue weighted by molar-refractivity contribution is -0.114. The van der Waals surface area contributed by atoms with Crippen LogP contribution in [0.2, 0.25) is 5.02 Å². The molecule has 1 aliphatic heterocycles. The molecule has 0 saturated carbocycles. The Balaban J connectivity index is 1.87. The number of carbonyl (C=O) groups is 1. The van der Waals surface area contributed by atoms with E-state index in [-0.39, 0.29) is 5.96 Å². The SMILES string of the molecule is CC(C)c1ccc2c(c1)Oc1ccc(-c3cncc(Cl)c3)cc1C2N=C(N)N(C)C=O. The van der Waals surface area contributed by atoms with Gasteiger partial charge in [0.15, 0.2) is 5.96 Å². The van der Waals surface area contributed by atoms with Crippen LogP contribution < -0.4 is 10.5 Å². The standard InChI is InChI=1S/C24H23ClN4O2/c1-14(2)15-4-6-19-22(10-15)31-21-7-5-16(17-8-18(25)12-27-11-17)9-20(21)23(19)28-24(26)29(3)13-30/h4-14,23H,1-3H3,(H2,26,28). The highest BCUT2D eigenvalue weighted by molar-refractivity contribution is 6.30. The number of fused-ring (bicyclic) bond motifs is 2. The molecule has 1 unspecified atom stereocenters. The molecule has 1 aromatic heterocycles. The molecule has 1 amide bonds. The van der Waals surface area contributed by atoms with Gasteiger partial charge in [-0.3, -0.25) is 14.7 Å². The predicted molar refractivity (Wildman–Crippen MR) is 123 cm³/mol. The smallest absolute Gasteiger partial charge is 0.216 e. The van der Waals surface area contributed by atoms with Crippen molar-refractivity contribution in [3.05, 3.63) is 76.6 Å². The van der Waals surface area contributed by atoms with E-state index in [0.29, 0.717) is 23.1 Å². The topological polar surface area (TPSA) is 80.8 Å². The molecule has 1 atom stereocenters. The molecule has 0 bridgehead atoms. The lowest BCUT2D eigenvalue weighted by Gasteiger charge is -2.28. The van der Waals surface area contributed by atoms with Crippen LogP contribution in [0.1, 0.15) is 42.5 Å². The van der Waals surface area contributed by atoms with Gasteiger partial charge >= 0.3 is 0 Å². The lowest BCUT2D eigenvalue weighted by Crippen LogP contribution is -2.33. The molecule has 2 N–H and O–H groups in total. The van der Waals surface area contributed by atoms with Gasteiger partial charge in [0.1, 0.15) is 17.5 Å². The summed E-state index contributed by atoms with van der Waals surface area (Å²) >= 11 is 6.13. The third-order valence-corrected chi connectivity index (χ3v) is 5.55. The van der Waals surface area contributed by atoms with Crippen LogP contribution in [0, 0.1) is 0 Å². The van der Waals surface area contributed by atoms with E-state index in [2.05, 4.69) is 29.9 Å². The summed E-state index contributed by atoms with van der Waals surface area (Å²) in [5.41, 5.74) is 10.8. The molecule has 31 heavy (non-hydrogen) atoms. The van der Waals surface area contributed by atoms with Gasteiger partial charge in [0.25, 0.3) is 0 Å². The van der Waals surface area contributed by atoms with Crippen LogP contribution in [-0.2, 0) is 4.79 Å². The molecule has 7 heteroatoms. The van der Waals surface area contributed by atoms with E-state index in [1.54, 1.807) is 19.4 Å². The van der Waals surface area contributed by atoms with Crippen LogP contribution in [0.4, 0.5) is 0 Å². The number of nitrogens with zero attached hydrogens (tertiary/aromatic N) is 3. The van der Waals surface area contributed by atoms with E-state index in [1.165, 1.54) is 10.5 Å². The fourth-order valence-corrected chi connectivity index (χ4v) is 3.71. The number of carbonyl (C=O) groups excluding carboxylic acids is 1. The molecular weight excluding hydrogens is 412 g/mol. The monoisotopic (exact) mass is 434 g/mol. The highest BCUT2D eigenvalue weighted by Gasteiger charge is 2.29. The van der Waals surface area contributed by atoms with Crippen LogP contribution in [0.5, 0.6) is 11.5 Å². The number of ether oxygens (including phenoxy) is 1. The molecule has 0 spiro atoms. The molecule has 3 aromatic rings. The summed E-state index contributed by atoms with van der Waals surface area (Å²) in [6.07, 6.45) is 3.99. The summed E-state index contributed by atoms with van der Waals surface area (Å²) < 4.78 is 6.25. The molecule has 1 aliphatic rings. The summed E-state index contributed by atoms with van der Waals surface area (Å²) in [7, 11) is 1.57. The molecule has 158 valence electrons. The van der Waals surface area contributed by atoms with Crippen molar-refractivity contribution in [2.45, 2.75) is 25.8 Å². The fourth-order valence-electron chi connectivity index (χ4n) is 3.53. The molecule has 4 rings (SSSR count). The Bertz CT molecular complexity index is 1180. The number of pyridine rings is 1. The van der Waals surface area contributed by atoms with Crippen LogP contribution in [-0.4, -0.2) is 29.3 Å². The molecule has 2 heterocycles. The van der Waals surface area contributed by atoms with Gasteiger partial charge in [0.05, 0.1) is 5.02 Å². The van der Waals surface area contributed by atoms with Crippen molar-refractivity contribution in [3.8, 4) is 22.6 Å². The van der Waals surface area contributed by atoms with Crippen molar-refractivity contribution in [1.82, 2.24) is 9.88 Å². The Kier molecular flexibility index (Phi) is 5.65. The number of hydrogen-bond donors (Lipinski definition) is 1. The summed E-state index contributed by atoms with van der Waals surface area (Å²) in [5.74, 6) is 1.93. The minimum absolute atomic E-state index is 0.126. The van der Waals surface area contributed by atoms with Crippen LogP contribution in [0.25, 0.3) is 11.1 Å². The van der Waals surface area contributed by atoms with Gasteiger partial charge in [-0.25, -0.2) is 4.99 Å². The number of aliphatic imine (C=N–C) groups is 1. The Hall–Kier alpha value is -3.38. The molecule has 0 radical (unpaired) electrons. The number of amides is 1. The maximum atomic E-state index is 11.2. The fraction of sp³-hybridized carbons (Fsp3) is 0.208. The van der Waals surface area contributed by atoms with Crippen LogP contribution in [0.15, 0.2) is 59.9 Å². The van der Waals surface area contributed by atoms with Gasteiger partial charge in [-0.2, -0.15) is 0 Å². The minimum atomic E-state index is -0.422. The Morgan fingerprint density at radius 3 is 2.65 bits per heavy atom. The number of hydrogen-bond acceptors (Lipinski definition) is 4. The maximum Gasteiger partial charge on any atom is 0.216 e. The number of halogens is 1. The van der Waals surface area contributed by atoms with Crippen LogP contribution >= 0.6 is 11.6 Å². The number of rotatable bonds is 4. The van der Waals surface area contributed by atoms with Crippen molar-refractivity contribution >= 4 is 24.0 Å². The van der Waals surface area contributed by atoms with Gasteiger partial charge in [-0.1, -0.05) is 43.6 Å². The van der Waals surface area contributed by atoms with Crippen molar-refractivity contribution in [3.63, 3.8) is 0 Å². The molecule has 6 nitrogen and oxygen atoms in total. The summed E-state index contributed by atoms with van der Waals surface area (Å²) in [6.45, 7) is 4.27. The molecule has 2 aromatic carbocycles. The normalized spacial score (nSPS) is 15.1.